The summed E-state index contributed by atoms with van der Waals surface area (Å²) in [7, 11) is 1.51. The van der Waals surface area contributed by atoms with Gasteiger partial charge < -0.3 is 9.30 Å². The van der Waals surface area contributed by atoms with Crippen molar-refractivity contribution in [3.63, 3.8) is 0 Å². The second-order valence-corrected chi connectivity index (χ2v) is 3.43. The molecule has 0 saturated carbocycles. The van der Waals surface area contributed by atoms with Gasteiger partial charge in [0.15, 0.2) is 5.75 Å². The molecule has 0 aliphatic heterocycles. The monoisotopic (exact) mass is 181 g/mol. The molecule has 1 aromatic rings. The van der Waals surface area contributed by atoms with Crippen molar-refractivity contribution in [2.45, 2.75) is 20.4 Å². The van der Waals surface area contributed by atoms with Gasteiger partial charge in [0, 0.05) is 12.7 Å². The molecule has 0 aliphatic rings. The first-order valence-corrected chi connectivity index (χ1v) is 4.38. The molecular weight excluding hydrogens is 166 g/mol. The highest BCUT2D eigenvalue weighted by atomic mass is 16.5. The average molecular weight is 181 g/mol. The van der Waals surface area contributed by atoms with Crippen LogP contribution in [0.25, 0.3) is 0 Å². The van der Waals surface area contributed by atoms with E-state index in [1.165, 1.54) is 7.11 Å². The fourth-order valence-electron chi connectivity index (χ4n) is 1.21. The molecule has 0 amide bonds. The van der Waals surface area contributed by atoms with E-state index in [0.717, 1.165) is 6.54 Å². The summed E-state index contributed by atoms with van der Waals surface area (Å²) >= 11 is 0. The molecule has 3 nitrogen and oxygen atoms in total. The third-order valence-corrected chi connectivity index (χ3v) is 1.77. The number of ether oxygens (including phenoxy) is 1. The molecular formula is C10H15NO2. The zero-order chi connectivity index (χ0) is 9.84. The Hall–Kier alpha value is -1.25. The number of hydrogen-bond donors (Lipinski definition) is 0. The maximum atomic E-state index is 11.6. The molecule has 0 saturated heterocycles. The van der Waals surface area contributed by atoms with Crippen molar-refractivity contribution in [3.8, 4) is 5.75 Å². The number of nitrogens with zero attached hydrogens (tertiary/aromatic N) is 1. The molecule has 1 aromatic heterocycles. The summed E-state index contributed by atoms with van der Waals surface area (Å²) in [6.07, 6.45) is 1.78. The van der Waals surface area contributed by atoms with Gasteiger partial charge in [-0.2, -0.15) is 0 Å². The summed E-state index contributed by atoms with van der Waals surface area (Å²) in [6, 6.07) is 3.50. The molecule has 0 fully saturated rings. The molecule has 0 radical (unpaired) electrons. The molecule has 1 heterocycles. The van der Waals surface area contributed by atoms with Crippen molar-refractivity contribution in [3.05, 3.63) is 28.7 Å². The summed E-state index contributed by atoms with van der Waals surface area (Å²) in [5, 5.41) is 0. The Morgan fingerprint density at radius 1 is 1.54 bits per heavy atom. The first kappa shape index (κ1) is 9.84. The van der Waals surface area contributed by atoms with Crippen LogP contribution < -0.4 is 10.3 Å². The minimum Gasteiger partial charge on any atom is -0.491 e. The van der Waals surface area contributed by atoms with Gasteiger partial charge in [0.1, 0.15) is 0 Å². The quantitative estimate of drug-likeness (QED) is 0.707. The Morgan fingerprint density at radius 3 is 2.77 bits per heavy atom. The maximum absolute atomic E-state index is 11.6. The Bertz CT molecular complexity index is 328. The fourth-order valence-corrected chi connectivity index (χ4v) is 1.21. The number of aromatic nitrogens is 1. The number of hydrogen-bond acceptors (Lipinski definition) is 2. The molecule has 0 atom stereocenters. The predicted octanol–water partition coefficient (Wildman–Crippen LogP) is 1.51. The lowest BCUT2D eigenvalue weighted by Crippen LogP contribution is -2.22. The van der Waals surface area contributed by atoms with Crippen LogP contribution in [0, 0.1) is 5.92 Å². The van der Waals surface area contributed by atoms with Crippen molar-refractivity contribution < 1.29 is 4.74 Å². The van der Waals surface area contributed by atoms with Gasteiger partial charge in [-0.15, -0.1) is 0 Å². The topological polar surface area (TPSA) is 31.2 Å². The summed E-state index contributed by atoms with van der Waals surface area (Å²) < 4.78 is 6.60. The van der Waals surface area contributed by atoms with Crippen LogP contribution in [-0.2, 0) is 6.54 Å². The van der Waals surface area contributed by atoms with Gasteiger partial charge in [0.2, 0.25) is 0 Å². The molecule has 72 valence electrons. The standard InChI is InChI=1S/C10H15NO2/c1-8(2)7-11-6-4-5-9(13-3)10(11)12/h4-6,8H,7H2,1-3H3. The Morgan fingerprint density at radius 2 is 2.23 bits per heavy atom. The van der Waals surface area contributed by atoms with E-state index >= 15 is 0 Å². The van der Waals surface area contributed by atoms with E-state index in [1.807, 2.05) is 6.07 Å². The molecule has 0 N–H and O–H groups in total. The minimum absolute atomic E-state index is 0.0568. The lowest BCUT2D eigenvalue weighted by atomic mass is 10.2. The summed E-state index contributed by atoms with van der Waals surface area (Å²) in [5.41, 5.74) is -0.0568. The molecule has 0 bridgehead atoms. The summed E-state index contributed by atoms with van der Waals surface area (Å²) in [4.78, 5) is 11.6. The molecule has 0 aliphatic carbocycles. The van der Waals surface area contributed by atoms with Gasteiger partial charge in [0.25, 0.3) is 5.56 Å². The smallest absolute Gasteiger partial charge is 0.292 e. The summed E-state index contributed by atoms with van der Waals surface area (Å²) in [6.45, 7) is 4.88. The van der Waals surface area contributed by atoms with Crippen LogP contribution in [0.15, 0.2) is 23.1 Å². The first-order chi connectivity index (χ1) is 6.15. The Balaban J connectivity index is 3.02. The van der Waals surface area contributed by atoms with Crippen LogP contribution in [-0.4, -0.2) is 11.7 Å². The van der Waals surface area contributed by atoms with E-state index < -0.39 is 0 Å². The van der Waals surface area contributed by atoms with Crippen molar-refractivity contribution in [1.29, 1.82) is 0 Å². The van der Waals surface area contributed by atoms with Gasteiger partial charge >= 0.3 is 0 Å². The van der Waals surface area contributed by atoms with Crippen LogP contribution in [0.1, 0.15) is 13.8 Å². The third-order valence-electron chi connectivity index (χ3n) is 1.77. The average Bonchev–Trinajstić information content (AvgIpc) is 2.08. The Kier molecular flexibility index (Phi) is 3.12. The molecule has 1 rings (SSSR count). The third kappa shape index (κ3) is 2.34. The van der Waals surface area contributed by atoms with Crippen LogP contribution in [0.4, 0.5) is 0 Å². The SMILES string of the molecule is COc1cccn(CC(C)C)c1=O. The van der Waals surface area contributed by atoms with Crippen molar-refractivity contribution in [2.75, 3.05) is 7.11 Å². The highest BCUT2D eigenvalue weighted by Gasteiger charge is 2.03. The van der Waals surface area contributed by atoms with Gasteiger partial charge in [-0.25, -0.2) is 0 Å². The lowest BCUT2D eigenvalue weighted by molar-refractivity contribution is 0.397. The second kappa shape index (κ2) is 4.12. The molecule has 13 heavy (non-hydrogen) atoms. The van der Waals surface area contributed by atoms with Crippen molar-refractivity contribution in [1.82, 2.24) is 4.57 Å². The van der Waals surface area contributed by atoms with E-state index in [-0.39, 0.29) is 5.56 Å². The van der Waals surface area contributed by atoms with E-state index in [2.05, 4.69) is 13.8 Å². The van der Waals surface area contributed by atoms with Crippen molar-refractivity contribution in [2.24, 2.45) is 5.92 Å². The lowest BCUT2D eigenvalue weighted by Gasteiger charge is -2.09. The zero-order valence-electron chi connectivity index (χ0n) is 8.28. The summed E-state index contributed by atoms with van der Waals surface area (Å²) in [5.74, 6) is 0.868. The molecule has 0 unspecified atom stereocenters. The predicted molar refractivity (Wildman–Crippen MR) is 52.1 cm³/mol. The number of methoxy groups -OCH3 is 1. The largest absolute Gasteiger partial charge is 0.491 e. The zero-order valence-corrected chi connectivity index (χ0v) is 8.28. The molecule has 3 heteroatoms. The van der Waals surface area contributed by atoms with Gasteiger partial charge in [-0.1, -0.05) is 13.8 Å². The van der Waals surface area contributed by atoms with E-state index in [9.17, 15) is 4.79 Å². The molecule has 0 spiro atoms. The fraction of sp³-hybridized carbons (Fsp3) is 0.500. The second-order valence-electron chi connectivity index (χ2n) is 3.43. The van der Waals surface area contributed by atoms with E-state index in [1.54, 1.807) is 16.8 Å². The van der Waals surface area contributed by atoms with Gasteiger partial charge in [-0.3, -0.25) is 4.79 Å². The van der Waals surface area contributed by atoms with Gasteiger partial charge in [-0.05, 0) is 18.1 Å². The van der Waals surface area contributed by atoms with Crippen molar-refractivity contribution >= 4 is 0 Å². The van der Waals surface area contributed by atoms with Crippen LogP contribution in [0.3, 0.4) is 0 Å². The normalized spacial score (nSPS) is 10.5. The number of rotatable bonds is 3. The maximum Gasteiger partial charge on any atom is 0.292 e. The highest BCUT2D eigenvalue weighted by Crippen LogP contribution is 2.02. The van der Waals surface area contributed by atoms with Gasteiger partial charge in [0.05, 0.1) is 7.11 Å². The molecule has 0 aromatic carbocycles. The van der Waals surface area contributed by atoms with Crippen LogP contribution in [0.2, 0.25) is 0 Å². The number of pyridine rings is 1. The van der Waals surface area contributed by atoms with Crippen LogP contribution >= 0.6 is 0 Å². The van der Waals surface area contributed by atoms with E-state index in [0.29, 0.717) is 11.7 Å². The first-order valence-electron chi connectivity index (χ1n) is 4.38. The van der Waals surface area contributed by atoms with Crippen LogP contribution in [0.5, 0.6) is 5.75 Å². The highest BCUT2D eigenvalue weighted by molar-refractivity contribution is 5.16. The minimum atomic E-state index is -0.0568. The Labute approximate surface area is 78.0 Å². The van der Waals surface area contributed by atoms with E-state index in [4.69, 9.17) is 4.74 Å².